The molecule has 0 radical (unpaired) electrons. The van der Waals surface area contributed by atoms with Crippen molar-refractivity contribution in [2.75, 3.05) is 0 Å². The fourth-order valence-electron chi connectivity index (χ4n) is 2.81. The first-order valence-electron chi connectivity index (χ1n) is 7.01. The van der Waals surface area contributed by atoms with Crippen LogP contribution in [-0.2, 0) is 4.79 Å². The predicted molar refractivity (Wildman–Crippen MR) is 90.7 cm³/mol. The van der Waals surface area contributed by atoms with Gasteiger partial charge in [0.15, 0.2) is 0 Å². The Morgan fingerprint density at radius 3 is 1.05 bits per heavy atom. The van der Waals surface area contributed by atoms with Crippen LogP contribution in [-0.4, -0.2) is 22.7 Å². The van der Waals surface area contributed by atoms with Gasteiger partial charge in [-0.1, -0.05) is 0 Å². The molecule has 0 saturated carbocycles. The maximum absolute atomic E-state index is 12.3. The van der Waals surface area contributed by atoms with Gasteiger partial charge in [-0.25, -0.2) is 0 Å². The van der Waals surface area contributed by atoms with E-state index in [1.165, 1.54) is 15.0 Å². The number of carbonyl (C=O) groups is 1. The summed E-state index contributed by atoms with van der Waals surface area (Å²) < 4.78 is 4.84. The topological polar surface area (TPSA) is 17.1 Å². The second-order valence-corrected chi connectivity index (χ2v) is 15.3. The maximum atomic E-state index is 12.3. The number of hydrogen-bond acceptors (Lipinski definition) is 1. The third-order valence-corrected chi connectivity index (χ3v) is 15.5. The Kier molecular flexibility index (Phi) is 4.20. The number of rotatable bonds is 4. The molecule has 0 bridgehead atoms. The standard InChI is InChI=1S/3C6H5.CHO.Sn/c3*1-2-4-6-5-3-1;1-2;/h3*1-5H;1H;. The van der Waals surface area contributed by atoms with Crippen molar-refractivity contribution in [3.63, 3.8) is 0 Å². The molecule has 0 saturated heterocycles. The van der Waals surface area contributed by atoms with Crippen molar-refractivity contribution in [2.24, 2.45) is 0 Å². The van der Waals surface area contributed by atoms with Gasteiger partial charge in [-0.3, -0.25) is 0 Å². The van der Waals surface area contributed by atoms with Crippen molar-refractivity contribution < 1.29 is 4.79 Å². The van der Waals surface area contributed by atoms with Crippen molar-refractivity contribution in [3.8, 4) is 0 Å². The van der Waals surface area contributed by atoms with Gasteiger partial charge in [0.1, 0.15) is 0 Å². The van der Waals surface area contributed by atoms with Crippen molar-refractivity contribution in [1.82, 2.24) is 0 Å². The number of hydrogen-bond donors (Lipinski definition) is 0. The number of benzene rings is 3. The first kappa shape index (κ1) is 14.1. The molecule has 0 fully saturated rings. The molecule has 0 aromatic heterocycles. The van der Waals surface area contributed by atoms with E-state index in [0.29, 0.717) is 0 Å². The van der Waals surface area contributed by atoms with Crippen molar-refractivity contribution >= 4 is 33.4 Å². The van der Waals surface area contributed by atoms with Gasteiger partial charge in [0.25, 0.3) is 0 Å². The fourth-order valence-corrected chi connectivity index (χ4v) is 13.0. The molecule has 0 atom stereocenters. The van der Waals surface area contributed by atoms with Crippen LogP contribution in [0.2, 0.25) is 0 Å². The van der Waals surface area contributed by atoms with Crippen LogP contribution in [0.4, 0.5) is 0 Å². The van der Waals surface area contributed by atoms with E-state index >= 15 is 0 Å². The quantitative estimate of drug-likeness (QED) is 0.500. The Hall–Kier alpha value is -1.87. The summed E-state index contributed by atoms with van der Waals surface area (Å²) in [5, 5.41) is 0. The average Bonchev–Trinajstić information content (AvgIpc) is 2.59. The van der Waals surface area contributed by atoms with Crippen LogP contribution < -0.4 is 10.7 Å². The first-order chi connectivity index (χ1) is 10.4. The molecule has 0 aliphatic heterocycles. The van der Waals surface area contributed by atoms with Crippen LogP contribution in [0.15, 0.2) is 91.0 Å². The molecule has 1 nitrogen and oxygen atoms in total. The van der Waals surface area contributed by atoms with E-state index < -0.39 is 18.4 Å². The summed E-state index contributed by atoms with van der Waals surface area (Å²) in [6, 6.07) is 30.8. The van der Waals surface area contributed by atoms with Gasteiger partial charge in [-0.15, -0.1) is 0 Å². The van der Waals surface area contributed by atoms with Gasteiger partial charge in [-0.2, -0.15) is 0 Å². The summed E-state index contributed by atoms with van der Waals surface area (Å²) in [4.78, 5) is 12.3. The molecule has 0 heterocycles. The molecule has 0 aliphatic carbocycles. The van der Waals surface area contributed by atoms with Crippen LogP contribution in [0, 0.1) is 0 Å². The van der Waals surface area contributed by atoms with Gasteiger partial charge in [0.2, 0.25) is 0 Å². The minimum atomic E-state index is -3.51. The van der Waals surface area contributed by atoms with E-state index in [2.05, 4.69) is 36.4 Å². The average molecular weight is 379 g/mol. The molecule has 0 amide bonds. The molecule has 0 aliphatic rings. The molecule has 3 aromatic carbocycles. The van der Waals surface area contributed by atoms with Crippen LogP contribution in [0.25, 0.3) is 0 Å². The summed E-state index contributed by atoms with van der Waals surface area (Å²) in [5.74, 6) is 0. The molecule has 3 rings (SSSR count). The zero-order valence-corrected chi connectivity index (χ0v) is 14.5. The summed E-state index contributed by atoms with van der Waals surface area (Å²) in [6.07, 6.45) is 0. The monoisotopic (exact) mass is 380 g/mol. The van der Waals surface area contributed by atoms with E-state index in [-0.39, 0.29) is 0 Å². The van der Waals surface area contributed by atoms with Gasteiger partial charge in [0, 0.05) is 0 Å². The normalized spacial score (nSPS) is 11.0. The van der Waals surface area contributed by atoms with Crippen LogP contribution in [0.5, 0.6) is 0 Å². The third-order valence-electron chi connectivity index (χ3n) is 3.86. The van der Waals surface area contributed by atoms with E-state index in [0.717, 1.165) is 0 Å². The number of carbonyl (C=O) groups excluding carboxylic acids is 1. The van der Waals surface area contributed by atoms with Gasteiger partial charge < -0.3 is 0 Å². The van der Waals surface area contributed by atoms with Crippen LogP contribution >= 0.6 is 0 Å². The van der Waals surface area contributed by atoms with Crippen LogP contribution in [0.1, 0.15) is 0 Å². The molecule has 21 heavy (non-hydrogen) atoms. The first-order valence-corrected chi connectivity index (χ1v) is 12.9. The molecular formula is C19H16OSn. The molecule has 0 unspecified atom stereocenters. The zero-order valence-electron chi connectivity index (χ0n) is 11.6. The van der Waals surface area contributed by atoms with Crippen LogP contribution in [0.3, 0.4) is 0 Å². The SMILES string of the molecule is O=[CH][Sn]([c]1ccccc1)([c]1ccccc1)[c]1ccccc1. The molecular weight excluding hydrogens is 363 g/mol. The fraction of sp³-hybridized carbons (Fsp3) is 0. The summed E-state index contributed by atoms with van der Waals surface area (Å²) >= 11 is -3.51. The third kappa shape index (κ3) is 2.54. The Morgan fingerprint density at radius 2 is 0.810 bits per heavy atom. The van der Waals surface area contributed by atoms with E-state index in [1.807, 2.05) is 54.6 Å². The Bertz CT molecular complexity index is 612. The summed E-state index contributed by atoms with van der Waals surface area (Å²) in [5.41, 5.74) is 0. The van der Waals surface area contributed by atoms with Gasteiger partial charge in [-0.05, 0) is 0 Å². The molecule has 0 N–H and O–H groups in total. The molecule has 3 aromatic rings. The second-order valence-electron chi connectivity index (χ2n) is 5.02. The van der Waals surface area contributed by atoms with Crippen molar-refractivity contribution in [3.05, 3.63) is 91.0 Å². The van der Waals surface area contributed by atoms with Gasteiger partial charge in [0.05, 0.1) is 0 Å². The minimum absolute atomic E-state index is 1.19. The second kappa shape index (κ2) is 6.27. The van der Waals surface area contributed by atoms with Gasteiger partial charge >= 0.3 is 129 Å². The zero-order chi connectivity index (χ0) is 14.5. The molecule has 102 valence electrons. The molecule has 2 heteroatoms. The van der Waals surface area contributed by atoms with Crippen molar-refractivity contribution in [2.45, 2.75) is 0 Å². The Morgan fingerprint density at radius 1 is 0.524 bits per heavy atom. The summed E-state index contributed by atoms with van der Waals surface area (Å²) in [7, 11) is 0. The van der Waals surface area contributed by atoms with E-state index in [4.69, 9.17) is 0 Å². The molecule has 0 spiro atoms. The summed E-state index contributed by atoms with van der Waals surface area (Å²) in [6.45, 7) is 0. The van der Waals surface area contributed by atoms with E-state index in [1.54, 1.807) is 0 Å². The van der Waals surface area contributed by atoms with Crippen molar-refractivity contribution in [1.29, 1.82) is 0 Å². The predicted octanol–water partition coefficient (Wildman–Crippen LogP) is 1.93. The Labute approximate surface area is 129 Å². The van der Waals surface area contributed by atoms with E-state index in [9.17, 15) is 4.79 Å². The Balaban J connectivity index is 2.31.